The van der Waals surface area contributed by atoms with Gasteiger partial charge in [-0.3, -0.25) is 0 Å². The van der Waals surface area contributed by atoms with Crippen molar-refractivity contribution in [3.8, 4) is 0 Å². The van der Waals surface area contributed by atoms with Crippen molar-refractivity contribution in [2.75, 3.05) is 32.7 Å². The average molecular weight is 275 g/mol. The molecule has 18 heavy (non-hydrogen) atoms. The fourth-order valence-electron chi connectivity index (χ4n) is 1.34. The molecule has 0 aromatic carbocycles. The van der Waals surface area contributed by atoms with E-state index >= 15 is 0 Å². The molecule has 0 radical (unpaired) electrons. The van der Waals surface area contributed by atoms with Gasteiger partial charge in [-0.2, -0.15) is 0 Å². The molecule has 1 aromatic rings. The SMILES string of the molecule is COCC(CNc1nccc(C(=O)O)c1Cl)OC. The molecule has 0 aliphatic heterocycles. The number of anilines is 1. The molecule has 100 valence electrons. The second-order valence-electron chi connectivity index (χ2n) is 3.52. The minimum absolute atomic E-state index is 0.00914. The number of pyridine rings is 1. The van der Waals surface area contributed by atoms with Gasteiger partial charge in [0.15, 0.2) is 0 Å². The summed E-state index contributed by atoms with van der Waals surface area (Å²) in [5.74, 6) is -0.777. The maximum absolute atomic E-state index is 10.9. The molecule has 0 saturated heterocycles. The molecule has 0 saturated carbocycles. The standard InChI is InChI=1S/C11H15ClN2O4/c1-17-6-7(18-2)5-14-10-9(12)8(11(15)16)3-4-13-10/h3-4,7H,5-6H2,1-2H3,(H,13,14)(H,15,16). The van der Waals surface area contributed by atoms with Gasteiger partial charge in [-0.1, -0.05) is 11.6 Å². The van der Waals surface area contributed by atoms with E-state index in [4.69, 9.17) is 26.2 Å². The molecule has 1 rings (SSSR count). The van der Waals surface area contributed by atoms with Gasteiger partial charge in [-0.15, -0.1) is 0 Å². The summed E-state index contributed by atoms with van der Waals surface area (Å²) in [6.45, 7) is 0.833. The summed E-state index contributed by atoms with van der Waals surface area (Å²) in [6, 6.07) is 1.35. The molecular weight excluding hydrogens is 260 g/mol. The highest BCUT2D eigenvalue weighted by Crippen LogP contribution is 2.23. The number of nitrogens with one attached hydrogen (secondary N) is 1. The van der Waals surface area contributed by atoms with Crippen LogP contribution in [0.5, 0.6) is 0 Å². The Balaban J connectivity index is 2.73. The van der Waals surface area contributed by atoms with Gasteiger partial charge in [0.25, 0.3) is 0 Å². The summed E-state index contributed by atoms with van der Waals surface area (Å²) in [6.07, 6.45) is 1.22. The zero-order chi connectivity index (χ0) is 13.5. The van der Waals surface area contributed by atoms with E-state index in [1.54, 1.807) is 14.2 Å². The number of halogens is 1. The molecule has 0 aliphatic rings. The van der Waals surface area contributed by atoms with Crippen molar-refractivity contribution in [2.45, 2.75) is 6.10 Å². The van der Waals surface area contributed by atoms with Crippen LogP contribution in [-0.2, 0) is 9.47 Å². The number of methoxy groups -OCH3 is 2. The lowest BCUT2D eigenvalue weighted by Gasteiger charge is -2.16. The van der Waals surface area contributed by atoms with E-state index in [1.807, 2.05) is 0 Å². The Hall–Kier alpha value is -1.37. The first kappa shape index (κ1) is 14.7. The van der Waals surface area contributed by atoms with Gasteiger partial charge in [-0.05, 0) is 6.07 Å². The second-order valence-corrected chi connectivity index (χ2v) is 3.90. The summed E-state index contributed by atoms with van der Waals surface area (Å²) >= 11 is 5.93. The predicted octanol–water partition coefficient (Wildman–Crippen LogP) is 1.51. The lowest BCUT2D eigenvalue weighted by atomic mass is 10.2. The highest BCUT2D eigenvalue weighted by atomic mass is 35.5. The summed E-state index contributed by atoms with van der Waals surface area (Å²) < 4.78 is 10.1. The molecule has 0 bridgehead atoms. The van der Waals surface area contributed by atoms with Crippen molar-refractivity contribution < 1.29 is 19.4 Å². The van der Waals surface area contributed by atoms with Crippen LogP contribution in [0.25, 0.3) is 0 Å². The van der Waals surface area contributed by atoms with Crippen molar-refractivity contribution in [1.29, 1.82) is 0 Å². The van der Waals surface area contributed by atoms with Crippen LogP contribution in [0.1, 0.15) is 10.4 Å². The molecule has 1 atom stereocenters. The minimum Gasteiger partial charge on any atom is -0.478 e. The fourth-order valence-corrected chi connectivity index (χ4v) is 1.60. The molecular formula is C11H15ClN2O4. The Morgan fingerprint density at radius 3 is 2.89 bits per heavy atom. The molecule has 1 heterocycles. The van der Waals surface area contributed by atoms with Crippen LogP contribution in [-0.4, -0.2) is 49.5 Å². The van der Waals surface area contributed by atoms with Gasteiger partial charge < -0.3 is 19.9 Å². The quantitative estimate of drug-likeness (QED) is 0.784. The Morgan fingerprint density at radius 2 is 2.33 bits per heavy atom. The number of hydrogen-bond donors (Lipinski definition) is 2. The lowest BCUT2D eigenvalue weighted by Crippen LogP contribution is -2.27. The normalized spacial score (nSPS) is 12.2. The number of nitrogens with zero attached hydrogens (tertiary/aromatic N) is 1. The van der Waals surface area contributed by atoms with Gasteiger partial charge >= 0.3 is 5.97 Å². The molecule has 0 aliphatic carbocycles. The predicted molar refractivity (Wildman–Crippen MR) is 67.4 cm³/mol. The molecule has 6 nitrogen and oxygen atoms in total. The largest absolute Gasteiger partial charge is 0.478 e. The van der Waals surface area contributed by atoms with E-state index in [0.29, 0.717) is 19.0 Å². The summed E-state index contributed by atoms with van der Waals surface area (Å²) in [5, 5.41) is 11.9. The van der Waals surface area contributed by atoms with Crippen LogP contribution >= 0.6 is 11.6 Å². The first-order valence-electron chi connectivity index (χ1n) is 5.23. The maximum atomic E-state index is 10.9. The third-order valence-electron chi connectivity index (χ3n) is 2.30. The van der Waals surface area contributed by atoms with E-state index in [-0.39, 0.29) is 16.7 Å². The molecule has 1 aromatic heterocycles. The first-order chi connectivity index (χ1) is 8.60. The summed E-state index contributed by atoms with van der Waals surface area (Å²) in [4.78, 5) is 14.9. The molecule has 0 fully saturated rings. The zero-order valence-corrected chi connectivity index (χ0v) is 10.9. The number of aromatic nitrogens is 1. The van der Waals surface area contributed by atoms with Crippen LogP contribution < -0.4 is 5.32 Å². The highest BCUT2D eigenvalue weighted by molar-refractivity contribution is 6.35. The van der Waals surface area contributed by atoms with Gasteiger partial charge in [-0.25, -0.2) is 9.78 Å². The molecule has 2 N–H and O–H groups in total. The van der Waals surface area contributed by atoms with E-state index in [2.05, 4.69) is 10.3 Å². The van der Waals surface area contributed by atoms with Gasteiger partial charge in [0.05, 0.1) is 23.3 Å². The maximum Gasteiger partial charge on any atom is 0.337 e. The number of ether oxygens (including phenoxy) is 2. The van der Waals surface area contributed by atoms with Crippen molar-refractivity contribution >= 4 is 23.4 Å². The first-order valence-corrected chi connectivity index (χ1v) is 5.61. The lowest BCUT2D eigenvalue weighted by molar-refractivity contribution is 0.0365. The summed E-state index contributed by atoms with van der Waals surface area (Å²) in [5.41, 5.74) is 0.00914. The van der Waals surface area contributed by atoms with E-state index in [9.17, 15) is 4.79 Å². The Kier molecular flexibility index (Phi) is 5.84. The number of hydrogen-bond acceptors (Lipinski definition) is 5. The topological polar surface area (TPSA) is 80.7 Å². The van der Waals surface area contributed by atoms with Gasteiger partial charge in [0.1, 0.15) is 5.82 Å². The van der Waals surface area contributed by atoms with Crippen molar-refractivity contribution in [3.63, 3.8) is 0 Å². The van der Waals surface area contributed by atoms with E-state index in [1.165, 1.54) is 12.3 Å². The highest BCUT2D eigenvalue weighted by Gasteiger charge is 2.14. The van der Waals surface area contributed by atoms with E-state index in [0.717, 1.165) is 0 Å². The second kappa shape index (κ2) is 7.15. The number of carboxylic acids is 1. The minimum atomic E-state index is -1.09. The molecule has 0 amide bonds. The van der Waals surface area contributed by atoms with Crippen LogP contribution in [0.3, 0.4) is 0 Å². The Bertz CT molecular complexity index is 414. The smallest absolute Gasteiger partial charge is 0.337 e. The number of aromatic carboxylic acids is 1. The summed E-state index contributed by atoms with van der Waals surface area (Å²) in [7, 11) is 3.14. The van der Waals surface area contributed by atoms with Crippen molar-refractivity contribution in [1.82, 2.24) is 4.98 Å². The van der Waals surface area contributed by atoms with Crippen LogP contribution in [0.4, 0.5) is 5.82 Å². The molecule has 1 unspecified atom stereocenters. The monoisotopic (exact) mass is 274 g/mol. The van der Waals surface area contributed by atoms with E-state index < -0.39 is 5.97 Å². The van der Waals surface area contributed by atoms with Crippen molar-refractivity contribution in [3.05, 3.63) is 22.8 Å². The third-order valence-corrected chi connectivity index (χ3v) is 2.69. The Labute approximate surface area is 110 Å². The van der Waals surface area contributed by atoms with Crippen LogP contribution in [0.2, 0.25) is 5.02 Å². The third kappa shape index (κ3) is 3.83. The number of rotatable bonds is 7. The van der Waals surface area contributed by atoms with Crippen LogP contribution in [0, 0.1) is 0 Å². The van der Waals surface area contributed by atoms with Crippen LogP contribution in [0.15, 0.2) is 12.3 Å². The fraction of sp³-hybridized carbons (Fsp3) is 0.455. The van der Waals surface area contributed by atoms with Gasteiger partial charge in [0.2, 0.25) is 0 Å². The Morgan fingerprint density at radius 1 is 1.61 bits per heavy atom. The number of carboxylic acid groups (broad SMARTS) is 1. The molecule has 0 spiro atoms. The van der Waals surface area contributed by atoms with Gasteiger partial charge in [0, 0.05) is 27.0 Å². The average Bonchev–Trinajstić information content (AvgIpc) is 2.35. The zero-order valence-electron chi connectivity index (χ0n) is 10.1. The number of carbonyl (C=O) groups is 1. The van der Waals surface area contributed by atoms with Crippen molar-refractivity contribution in [2.24, 2.45) is 0 Å². The molecule has 7 heteroatoms.